The van der Waals surface area contributed by atoms with Gasteiger partial charge in [-0.25, -0.2) is 9.78 Å². The van der Waals surface area contributed by atoms with Crippen LogP contribution in [0.15, 0.2) is 48.9 Å². The van der Waals surface area contributed by atoms with Gasteiger partial charge in [-0.1, -0.05) is 0 Å². The van der Waals surface area contributed by atoms with Gasteiger partial charge in [0.2, 0.25) is 0 Å². The molecule has 1 saturated carbocycles. The molecule has 0 aliphatic heterocycles. The summed E-state index contributed by atoms with van der Waals surface area (Å²) in [5.74, 6) is 0.960. The van der Waals surface area contributed by atoms with Gasteiger partial charge in [-0.3, -0.25) is 9.25 Å². The van der Waals surface area contributed by atoms with E-state index in [1.54, 1.807) is 19.5 Å². The highest BCUT2D eigenvalue weighted by molar-refractivity contribution is 6.00. The smallest absolute Gasteiger partial charge is 0.331 e. The maximum atomic E-state index is 12.9. The van der Waals surface area contributed by atoms with Gasteiger partial charge in [0, 0.05) is 42.0 Å². The van der Waals surface area contributed by atoms with Gasteiger partial charge >= 0.3 is 6.03 Å². The van der Waals surface area contributed by atoms with Gasteiger partial charge in [0.25, 0.3) is 0 Å². The molecule has 0 saturated heterocycles. The number of benzene rings is 1. The molecule has 0 atom stereocenters. The lowest BCUT2D eigenvalue weighted by atomic mass is 9.87. The molecule has 2 N–H and O–H groups in total. The minimum absolute atomic E-state index is 0.264. The van der Waals surface area contributed by atoms with Crippen LogP contribution in [0.1, 0.15) is 31.7 Å². The average Bonchev–Trinajstić information content (AvgIpc) is 3.42. The number of nitrogens with zero attached hydrogens (tertiary/aromatic N) is 4. The van der Waals surface area contributed by atoms with Crippen LogP contribution in [-0.4, -0.2) is 44.2 Å². The standard InChI is InChI=1S/C23H25N5O3/c1-31-21-12-19-17(13-28(26-19)18-6-4-15(14-29)5-7-18)11-20(21)25-23(30)27-10-8-16-3-2-9-24-22(16)27/h2-3,8-13,15,18,29H,4-7,14H2,1H3,(H,25,30)/t15-,18-. The van der Waals surface area contributed by atoms with Crippen LogP contribution in [0.4, 0.5) is 10.5 Å². The van der Waals surface area contributed by atoms with E-state index < -0.39 is 0 Å². The van der Waals surface area contributed by atoms with E-state index in [1.807, 2.05) is 41.2 Å². The third-order valence-electron chi connectivity index (χ3n) is 6.20. The summed E-state index contributed by atoms with van der Waals surface area (Å²) in [6.07, 6.45) is 9.45. The molecule has 1 fully saturated rings. The molecular formula is C23H25N5O3. The van der Waals surface area contributed by atoms with Gasteiger partial charge in [-0.15, -0.1) is 0 Å². The zero-order chi connectivity index (χ0) is 21.4. The van der Waals surface area contributed by atoms with Crippen molar-refractivity contribution in [1.29, 1.82) is 0 Å². The summed E-state index contributed by atoms with van der Waals surface area (Å²) < 4.78 is 9.03. The molecule has 160 valence electrons. The number of pyridine rings is 1. The van der Waals surface area contributed by atoms with Gasteiger partial charge in [-0.05, 0) is 55.9 Å². The molecule has 8 nitrogen and oxygen atoms in total. The quantitative estimate of drug-likeness (QED) is 0.517. The van der Waals surface area contributed by atoms with Gasteiger partial charge in [0.05, 0.1) is 24.4 Å². The highest BCUT2D eigenvalue weighted by atomic mass is 16.5. The van der Waals surface area contributed by atoms with Crippen molar-refractivity contribution in [3.63, 3.8) is 0 Å². The van der Waals surface area contributed by atoms with Crippen molar-refractivity contribution in [2.75, 3.05) is 19.0 Å². The second-order valence-electron chi connectivity index (χ2n) is 8.11. The molecule has 0 bridgehead atoms. The van der Waals surface area contributed by atoms with Crippen LogP contribution >= 0.6 is 0 Å². The third kappa shape index (κ3) is 3.63. The number of anilines is 1. The molecule has 31 heavy (non-hydrogen) atoms. The first-order valence-electron chi connectivity index (χ1n) is 10.6. The lowest BCUT2D eigenvalue weighted by Gasteiger charge is -2.27. The highest BCUT2D eigenvalue weighted by Crippen LogP contribution is 2.35. The van der Waals surface area contributed by atoms with E-state index >= 15 is 0 Å². The van der Waals surface area contributed by atoms with Crippen LogP contribution in [0.5, 0.6) is 5.75 Å². The number of nitrogens with one attached hydrogen (secondary N) is 1. The molecule has 5 rings (SSSR count). The van der Waals surface area contributed by atoms with Crippen molar-refractivity contribution >= 4 is 33.7 Å². The summed E-state index contributed by atoms with van der Waals surface area (Å²) in [7, 11) is 1.58. The fraction of sp³-hybridized carbons (Fsp3) is 0.348. The van der Waals surface area contributed by atoms with Gasteiger partial charge in [0.15, 0.2) is 0 Å². The first kappa shape index (κ1) is 19.6. The number of aliphatic hydroxyl groups excluding tert-OH is 1. The number of rotatable bonds is 4. The predicted octanol–water partition coefficient (Wildman–Crippen LogP) is 4.20. The number of carbonyl (C=O) groups excluding carboxylic acids is 1. The summed E-state index contributed by atoms with van der Waals surface area (Å²) in [6, 6.07) is 9.40. The molecule has 1 amide bonds. The fourth-order valence-corrected chi connectivity index (χ4v) is 4.42. The third-order valence-corrected chi connectivity index (χ3v) is 6.20. The zero-order valence-electron chi connectivity index (χ0n) is 17.4. The number of aromatic nitrogens is 4. The summed E-state index contributed by atoms with van der Waals surface area (Å²) in [6.45, 7) is 0.264. The molecule has 1 aliphatic rings. The minimum Gasteiger partial charge on any atom is -0.494 e. The van der Waals surface area contributed by atoms with E-state index in [2.05, 4.69) is 10.3 Å². The number of hydrogen-bond acceptors (Lipinski definition) is 5. The van der Waals surface area contributed by atoms with E-state index in [9.17, 15) is 9.90 Å². The van der Waals surface area contributed by atoms with Crippen molar-refractivity contribution in [1.82, 2.24) is 19.3 Å². The Morgan fingerprint density at radius 1 is 1.23 bits per heavy atom. The van der Waals surface area contributed by atoms with Gasteiger partial charge < -0.3 is 15.2 Å². The number of methoxy groups -OCH3 is 1. The number of fused-ring (bicyclic) bond motifs is 2. The van der Waals surface area contributed by atoms with Crippen molar-refractivity contribution in [3.05, 3.63) is 48.9 Å². The minimum atomic E-state index is -0.305. The summed E-state index contributed by atoms with van der Waals surface area (Å²) >= 11 is 0. The summed E-state index contributed by atoms with van der Waals surface area (Å²) in [4.78, 5) is 17.2. The molecule has 0 spiro atoms. The van der Waals surface area contributed by atoms with Crippen LogP contribution in [0.3, 0.4) is 0 Å². The molecule has 8 heteroatoms. The van der Waals surface area contributed by atoms with Crippen molar-refractivity contribution < 1.29 is 14.6 Å². The predicted molar refractivity (Wildman–Crippen MR) is 119 cm³/mol. The molecule has 3 heterocycles. The maximum Gasteiger partial charge on any atom is 0.331 e. The number of hydrogen-bond donors (Lipinski definition) is 2. The zero-order valence-corrected chi connectivity index (χ0v) is 17.4. The molecular weight excluding hydrogens is 394 g/mol. The van der Waals surface area contributed by atoms with Gasteiger partial charge in [-0.2, -0.15) is 5.10 Å². The monoisotopic (exact) mass is 419 g/mol. The second-order valence-corrected chi connectivity index (χ2v) is 8.11. The fourth-order valence-electron chi connectivity index (χ4n) is 4.42. The molecule has 4 aromatic rings. The van der Waals surface area contributed by atoms with Crippen molar-refractivity contribution in [3.8, 4) is 5.75 Å². The van der Waals surface area contributed by atoms with E-state index in [0.717, 1.165) is 42.0 Å². The molecule has 0 radical (unpaired) electrons. The first-order chi connectivity index (χ1) is 15.2. The number of amides is 1. The summed E-state index contributed by atoms with van der Waals surface area (Å²) in [5.41, 5.74) is 2.01. The Bertz CT molecular complexity index is 1240. The maximum absolute atomic E-state index is 12.9. The van der Waals surface area contributed by atoms with Crippen LogP contribution < -0.4 is 10.1 Å². The number of aliphatic hydroxyl groups is 1. The average molecular weight is 419 g/mol. The Balaban J connectivity index is 1.42. The normalized spacial score (nSPS) is 19.0. The lowest BCUT2D eigenvalue weighted by Crippen LogP contribution is -2.20. The summed E-state index contributed by atoms with van der Waals surface area (Å²) in [5, 5.41) is 18.9. The Morgan fingerprint density at radius 3 is 2.84 bits per heavy atom. The largest absolute Gasteiger partial charge is 0.494 e. The molecule has 1 aromatic carbocycles. The Hall–Kier alpha value is -3.39. The molecule has 0 unspecified atom stereocenters. The van der Waals surface area contributed by atoms with E-state index in [0.29, 0.717) is 29.0 Å². The number of carbonyl (C=O) groups is 1. The Morgan fingerprint density at radius 2 is 2.06 bits per heavy atom. The van der Waals surface area contributed by atoms with E-state index in [-0.39, 0.29) is 12.6 Å². The van der Waals surface area contributed by atoms with Crippen LogP contribution in [0, 0.1) is 5.92 Å². The van der Waals surface area contributed by atoms with Gasteiger partial charge in [0.1, 0.15) is 11.4 Å². The first-order valence-corrected chi connectivity index (χ1v) is 10.6. The molecule has 3 aromatic heterocycles. The Labute approximate surface area is 179 Å². The van der Waals surface area contributed by atoms with E-state index in [4.69, 9.17) is 9.84 Å². The second kappa shape index (κ2) is 8.03. The lowest BCUT2D eigenvalue weighted by molar-refractivity contribution is 0.165. The van der Waals surface area contributed by atoms with Crippen LogP contribution in [-0.2, 0) is 0 Å². The van der Waals surface area contributed by atoms with Crippen LogP contribution in [0.2, 0.25) is 0 Å². The highest BCUT2D eigenvalue weighted by Gasteiger charge is 2.23. The van der Waals surface area contributed by atoms with Crippen LogP contribution in [0.25, 0.3) is 21.9 Å². The SMILES string of the molecule is COc1cc2nn([C@H]3CC[C@H](CO)CC3)cc2cc1NC(=O)n1ccc2cccnc21. The number of ether oxygens (including phenoxy) is 1. The van der Waals surface area contributed by atoms with E-state index in [1.165, 1.54) is 4.57 Å². The van der Waals surface area contributed by atoms with Crippen molar-refractivity contribution in [2.24, 2.45) is 5.92 Å². The molecule has 1 aliphatic carbocycles. The topological polar surface area (TPSA) is 94.2 Å². The Kier molecular flexibility index (Phi) is 5.07. The van der Waals surface area contributed by atoms with Crippen molar-refractivity contribution in [2.45, 2.75) is 31.7 Å².